The van der Waals surface area contributed by atoms with Gasteiger partial charge in [-0.2, -0.15) is 5.10 Å². The topological polar surface area (TPSA) is 93.2 Å². The van der Waals surface area contributed by atoms with Gasteiger partial charge in [-0.1, -0.05) is 0 Å². The lowest BCUT2D eigenvalue weighted by molar-refractivity contribution is 0.588. The van der Waals surface area contributed by atoms with Gasteiger partial charge in [-0.25, -0.2) is 13.1 Å². The van der Waals surface area contributed by atoms with Crippen molar-refractivity contribution in [2.75, 3.05) is 24.7 Å². The van der Waals surface area contributed by atoms with Gasteiger partial charge in [-0.3, -0.25) is 4.68 Å². The average Bonchev–Trinajstić information content (AvgIpc) is 2.83. The fourth-order valence-corrected chi connectivity index (χ4v) is 3.09. The second-order valence-electron chi connectivity index (χ2n) is 4.81. The van der Waals surface area contributed by atoms with Crippen LogP contribution in [-0.2, 0) is 23.6 Å². The van der Waals surface area contributed by atoms with Crippen molar-refractivity contribution in [2.45, 2.75) is 11.4 Å². The molecule has 114 valence electrons. The van der Waals surface area contributed by atoms with Crippen LogP contribution in [-0.4, -0.2) is 32.3 Å². The first kappa shape index (κ1) is 15.3. The first-order valence-electron chi connectivity index (χ1n) is 6.35. The molecule has 0 spiro atoms. The molecule has 7 nitrogen and oxygen atoms in total. The lowest BCUT2D eigenvalue weighted by Gasteiger charge is -2.22. The van der Waals surface area contributed by atoms with E-state index in [2.05, 4.69) is 9.82 Å². The van der Waals surface area contributed by atoms with E-state index in [-0.39, 0.29) is 4.90 Å². The number of hydrogen-bond acceptors (Lipinski definition) is 5. The zero-order chi connectivity index (χ0) is 15.6. The smallest absolute Gasteiger partial charge is 0.242 e. The van der Waals surface area contributed by atoms with E-state index in [1.54, 1.807) is 23.0 Å². The molecular formula is C13H19N5O2S. The molecule has 2 aromatic rings. The Balaban J connectivity index is 2.39. The fourth-order valence-electron chi connectivity index (χ4n) is 2.08. The van der Waals surface area contributed by atoms with E-state index < -0.39 is 10.0 Å². The van der Waals surface area contributed by atoms with Crippen molar-refractivity contribution in [1.82, 2.24) is 14.5 Å². The number of sulfonamides is 1. The molecule has 1 aromatic carbocycles. The van der Waals surface area contributed by atoms with Gasteiger partial charge in [0.2, 0.25) is 10.0 Å². The molecule has 0 saturated heterocycles. The summed E-state index contributed by atoms with van der Waals surface area (Å²) in [5, 5.41) is 4.10. The number of nitrogens with zero attached hydrogens (tertiary/aromatic N) is 3. The Morgan fingerprint density at radius 1 is 1.43 bits per heavy atom. The van der Waals surface area contributed by atoms with Crippen LogP contribution in [0.5, 0.6) is 0 Å². The van der Waals surface area contributed by atoms with Crippen LogP contribution in [0.4, 0.5) is 11.4 Å². The molecule has 0 aliphatic rings. The predicted molar refractivity (Wildman–Crippen MR) is 82.4 cm³/mol. The number of aromatic nitrogens is 2. The summed E-state index contributed by atoms with van der Waals surface area (Å²) in [5.74, 6) is 0. The highest BCUT2D eigenvalue weighted by Crippen LogP contribution is 2.27. The van der Waals surface area contributed by atoms with Crippen molar-refractivity contribution in [1.29, 1.82) is 0 Å². The Morgan fingerprint density at radius 3 is 2.71 bits per heavy atom. The van der Waals surface area contributed by atoms with Crippen molar-refractivity contribution in [3.05, 3.63) is 36.2 Å². The SMILES string of the molecule is CNS(=O)(=O)c1cc(N)ccc1N(C)Cc1cnn(C)c1. The van der Waals surface area contributed by atoms with Crippen molar-refractivity contribution in [3.63, 3.8) is 0 Å². The Kier molecular flexibility index (Phi) is 4.19. The van der Waals surface area contributed by atoms with Gasteiger partial charge in [0.1, 0.15) is 4.90 Å². The number of nitrogens with two attached hydrogens (primary N) is 1. The molecule has 0 amide bonds. The monoisotopic (exact) mass is 309 g/mol. The maximum absolute atomic E-state index is 12.1. The molecule has 1 aromatic heterocycles. The minimum atomic E-state index is -3.58. The molecular weight excluding hydrogens is 290 g/mol. The Labute approximate surface area is 124 Å². The molecule has 0 aliphatic carbocycles. The molecule has 8 heteroatoms. The zero-order valence-corrected chi connectivity index (χ0v) is 13.1. The van der Waals surface area contributed by atoms with E-state index in [1.807, 2.05) is 25.2 Å². The first-order chi connectivity index (χ1) is 9.83. The van der Waals surface area contributed by atoms with Gasteiger partial charge in [0.25, 0.3) is 0 Å². The Bertz CT molecular complexity index is 739. The molecule has 0 bridgehead atoms. The van der Waals surface area contributed by atoms with E-state index in [4.69, 9.17) is 5.73 Å². The molecule has 0 unspecified atom stereocenters. The Hall–Kier alpha value is -2.06. The van der Waals surface area contributed by atoms with Crippen LogP contribution in [0.2, 0.25) is 0 Å². The molecule has 0 aliphatic heterocycles. The number of anilines is 2. The quantitative estimate of drug-likeness (QED) is 0.787. The summed E-state index contributed by atoms with van der Waals surface area (Å²) in [4.78, 5) is 2.01. The van der Waals surface area contributed by atoms with E-state index in [0.717, 1.165) is 5.56 Å². The van der Waals surface area contributed by atoms with Crippen LogP contribution < -0.4 is 15.4 Å². The van der Waals surface area contributed by atoms with E-state index in [0.29, 0.717) is 17.9 Å². The second-order valence-corrected chi connectivity index (χ2v) is 6.67. The molecule has 0 fully saturated rings. The summed E-state index contributed by atoms with van der Waals surface area (Å²) in [5.41, 5.74) is 7.69. The molecule has 0 saturated carbocycles. The number of hydrogen-bond donors (Lipinski definition) is 2. The molecule has 1 heterocycles. The highest BCUT2D eigenvalue weighted by Gasteiger charge is 2.19. The lowest BCUT2D eigenvalue weighted by atomic mass is 10.2. The average molecular weight is 309 g/mol. The maximum Gasteiger partial charge on any atom is 0.242 e. The van der Waals surface area contributed by atoms with Crippen molar-refractivity contribution >= 4 is 21.4 Å². The van der Waals surface area contributed by atoms with Gasteiger partial charge in [0.15, 0.2) is 0 Å². The minimum Gasteiger partial charge on any atom is -0.399 e. The van der Waals surface area contributed by atoms with E-state index >= 15 is 0 Å². The molecule has 2 rings (SSSR count). The van der Waals surface area contributed by atoms with Crippen LogP contribution in [0.3, 0.4) is 0 Å². The number of nitrogens with one attached hydrogen (secondary N) is 1. The fraction of sp³-hybridized carbons (Fsp3) is 0.308. The standard InChI is InChI=1S/C13H19N5O2S/c1-15-21(19,20)13-6-11(14)4-5-12(13)17(2)8-10-7-16-18(3)9-10/h4-7,9,15H,8,14H2,1-3H3. The highest BCUT2D eigenvalue weighted by atomic mass is 32.2. The predicted octanol–water partition coefficient (Wildman–Crippen LogP) is 0.547. The number of rotatable bonds is 5. The van der Waals surface area contributed by atoms with E-state index in [9.17, 15) is 8.42 Å². The minimum absolute atomic E-state index is 0.163. The molecule has 0 radical (unpaired) electrons. The van der Waals surface area contributed by atoms with Crippen molar-refractivity contribution < 1.29 is 8.42 Å². The zero-order valence-electron chi connectivity index (χ0n) is 12.2. The van der Waals surface area contributed by atoms with Crippen LogP contribution in [0.25, 0.3) is 0 Å². The third kappa shape index (κ3) is 3.34. The summed E-state index contributed by atoms with van der Waals surface area (Å²) >= 11 is 0. The summed E-state index contributed by atoms with van der Waals surface area (Å²) < 4.78 is 28.3. The van der Waals surface area contributed by atoms with Crippen LogP contribution in [0.15, 0.2) is 35.5 Å². The van der Waals surface area contributed by atoms with Crippen LogP contribution in [0.1, 0.15) is 5.56 Å². The van der Waals surface area contributed by atoms with Crippen molar-refractivity contribution in [3.8, 4) is 0 Å². The third-order valence-corrected chi connectivity index (χ3v) is 4.57. The van der Waals surface area contributed by atoms with Gasteiger partial charge in [0.05, 0.1) is 11.9 Å². The summed E-state index contributed by atoms with van der Waals surface area (Å²) in [6.45, 7) is 0.546. The summed E-state index contributed by atoms with van der Waals surface area (Å²) in [7, 11) is 1.47. The van der Waals surface area contributed by atoms with Crippen molar-refractivity contribution in [2.24, 2.45) is 7.05 Å². The van der Waals surface area contributed by atoms with Crippen LogP contribution >= 0.6 is 0 Å². The normalized spacial score (nSPS) is 11.6. The van der Waals surface area contributed by atoms with E-state index in [1.165, 1.54) is 13.1 Å². The third-order valence-electron chi connectivity index (χ3n) is 3.13. The summed E-state index contributed by atoms with van der Waals surface area (Å²) in [6, 6.07) is 4.85. The maximum atomic E-state index is 12.1. The molecule has 3 N–H and O–H groups in total. The van der Waals surface area contributed by atoms with Crippen LogP contribution in [0, 0.1) is 0 Å². The van der Waals surface area contributed by atoms with Gasteiger partial charge < -0.3 is 10.6 Å². The summed E-state index contributed by atoms with van der Waals surface area (Å²) in [6.07, 6.45) is 3.64. The van der Waals surface area contributed by atoms with Gasteiger partial charge >= 0.3 is 0 Å². The first-order valence-corrected chi connectivity index (χ1v) is 7.83. The molecule has 21 heavy (non-hydrogen) atoms. The molecule has 0 atom stereocenters. The number of aryl methyl sites for hydroxylation is 1. The van der Waals surface area contributed by atoms with Gasteiger partial charge in [0, 0.05) is 38.1 Å². The second kappa shape index (κ2) is 5.74. The number of nitrogen functional groups attached to an aromatic ring is 1. The van der Waals surface area contributed by atoms with Gasteiger partial charge in [-0.05, 0) is 25.2 Å². The van der Waals surface area contributed by atoms with Gasteiger partial charge in [-0.15, -0.1) is 0 Å². The largest absolute Gasteiger partial charge is 0.399 e. The Morgan fingerprint density at radius 2 is 2.14 bits per heavy atom. The lowest BCUT2D eigenvalue weighted by Crippen LogP contribution is -2.24. The number of benzene rings is 1. The highest BCUT2D eigenvalue weighted by molar-refractivity contribution is 7.89.